The number of nitriles is 1. The third-order valence-corrected chi connectivity index (χ3v) is 3.34. The number of hydrogen-bond donors (Lipinski definition) is 2. The summed E-state index contributed by atoms with van der Waals surface area (Å²) in [5.74, 6) is -0.634. The zero-order chi connectivity index (χ0) is 13.8. The van der Waals surface area contributed by atoms with Crippen LogP contribution in [-0.2, 0) is 4.79 Å². The molecule has 1 atom stereocenters. The molecule has 2 N–H and O–H groups in total. The molecule has 0 radical (unpaired) electrons. The third-order valence-electron chi connectivity index (χ3n) is 3.34. The summed E-state index contributed by atoms with van der Waals surface area (Å²) < 4.78 is 13.6. The van der Waals surface area contributed by atoms with Crippen LogP contribution in [-0.4, -0.2) is 18.5 Å². The van der Waals surface area contributed by atoms with Gasteiger partial charge in [-0.15, -0.1) is 0 Å². The van der Waals surface area contributed by atoms with Gasteiger partial charge in [-0.3, -0.25) is 4.79 Å². The lowest BCUT2D eigenvalue weighted by Crippen LogP contribution is -2.27. The SMILES string of the molecule is Cc1c(F)cc(C#N)cc1NC(=O)CC1CCCN1. The Labute approximate surface area is 111 Å². The molecule has 1 unspecified atom stereocenters. The van der Waals surface area contributed by atoms with Gasteiger partial charge in [0.15, 0.2) is 0 Å². The van der Waals surface area contributed by atoms with Crippen molar-refractivity contribution in [1.29, 1.82) is 5.26 Å². The van der Waals surface area contributed by atoms with Crippen molar-refractivity contribution in [3.63, 3.8) is 0 Å². The summed E-state index contributed by atoms with van der Waals surface area (Å²) >= 11 is 0. The molecule has 1 aromatic rings. The van der Waals surface area contributed by atoms with Crippen LogP contribution in [0.1, 0.15) is 30.4 Å². The molecule has 1 amide bonds. The minimum Gasteiger partial charge on any atom is -0.326 e. The Morgan fingerprint density at radius 3 is 3.05 bits per heavy atom. The first-order chi connectivity index (χ1) is 9.10. The zero-order valence-electron chi connectivity index (χ0n) is 10.8. The van der Waals surface area contributed by atoms with Crippen molar-refractivity contribution in [2.75, 3.05) is 11.9 Å². The summed E-state index contributed by atoms with van der Waals surface area (Å²) in [7, 11) is 0. The predicted octanol–water partition coefficient (Wildman–Crippen LogP) is 2.09. The average Bonchev–Trinajstić information content (AvgIpc) is 2.87. The van der Waals surface area contributed by atoms with E-state index >= 15 is 0 Å². The average molecular weight is 261 g/mol. The number of carbonyl (C=O) groups excluding carboxylic acids is 1. The van der Waals surface area contributed by atoms with Crippen LogP contribution >= 0.6 is 0 Å². The molecule has 0 bridgehead atoms. The number of halogens is 1. The lowest BCUT2D eigenvalue weighted by molar-refractivity contribution is -0.116. The third kappa shape index (κ3) is 3.30. The van der Waals surface area contributed by atoms with Gasteiger partial charge in [0.2, 0.25) is 5.91 Å². The summed E-state index contributed by atoms with van der Waals surface area (Å²) in [5, 5.41) is 14.7. The predicted molar refractivity (Wildman–Crippen MR) is 70.1 cm³/mol. The van der Waals surface area contributed by atoms with Gasteiger partial charge < -0.3 is 10.6 Å². The quantitative estimate of drug-likeness (QED) is 0.875. The lowest BCUT2D eigenvalue weighted by Gasteiger charge is -2.12. The summed E-state index contributed by atoms with van der Waals surface area (Å²) in [6.07, 6.45) is 2.44. The maximum atomic E-state index is 13.6. The largest absolute Gasteiger partial charge is 0.326 e. The first-order valence-corrected chi connectivity index (χ1v) is 6.33. The van der Waals surface area contributed by atoms with E-state index in [4.69, 9.17) is 5.26 Å². The number of benzene rings is 1. The molecule has 1 aromatic carbocycles. The van der Waals surface area contributed by atoms with E-state index in [-0.39, 0.29) is 17.5 Å². The van der Waals surface area contributed by atoms with Crippen molar-refractivity contribution in [1.82, 2.24) is 5.32 Å². The van der Waals surface area contributed by atoms with Gasteiger partial charge in [0.25, 0.3) is 0 Å². The molecule has 4 nitrogen and oxygen atoms in total. The molecule has 0 saturated carbocycles. The lowest BCUT2D eigenvalue weighted by atomic mass is 10.1. The molecule has 1 aliphatic heterocycles. The Balaban J connectivity index is 2.07. The Hall–Kier alpha value is -1.93. The molecule has 1 saturated heterocycles. The second kappa shape index (κ2) is 5.81. The van der Waals surface area contributed by atoms with Gasteiger partial charge in [-0.2, -0.15) is 5.26 Å². The monoisotopic (exact) mass is 261 g/mol. The van der Waals surface area contributed by atoms with Crippen LogP contribution in [0.3, 0.4) is 0 Å². The van der Waals surface area contributed by atoms with E-state index in [2.05, 4.69) is 10.6 Å². The van der Waals surface area contributed by atoms with Crippen LogP contribution in [0.5, 0.6) is 0 Å². The smallest absolute Gasteiger partial charge is 0.225 e. The molecular formula is C14H16FN3O. The summed E-state index contributed by atoms with van der Waals surface area (Å²) in [5.41, 5.74) is 0.934. The summed E-state index contributed by atoms with van der Waals surface area (Å²) in [6.45, 7) is 2.52. The van der Waals surface area contributed by atoms with Crippen molar-refractivity contribution in [2.24, 2.45) is 0 Å². The molecule has 0 spiro atoms. The fraction of sp³-hybridized carbons (Fsp3) is 0.429. The molecule has 1 heterocycles. The normalized spacial score (nSPS) is 18.1. The van der Waals surface area contributed by atoms with E-state index in [1.54, 1.807) is 6.92 Å². The highest BCUT2D eigenvalue weighted by Gasteiger charge is 2.18. The maximum absolute atomic E-state index is 13.6. The fourth-order valence-corrected chi connectivity index (χ4v) is 2.23. The van der Waals surface area contributed by atoms with Crippen LogP contribution in [0.25, 0.3) is 0 Å². The highest BCUT2D eigenvalue weighted by atomic mass is 19.1. The minimum atomic E-state index is -0.478. The number of rotatable bonds is 3. The molecule has 5 heteroatoms. The zero-order valence-corrected chi connectivity index (χ0v) is 10.8. The topological polar surface area (TPSA) is 64.9 Å². The molecule has 0 aliphatic carbocycles. The molecule has 2 rings (SSSR count). The van der Waals surface area contributed by atoms with Crippen LogP contribution in [0, 0.1) is 24.1 Å². The highest BCUT2D eigenvalue weighted by molar-refractivity contribution is 5.92. The van der Waals surface area contributed by atoms with Gasteiger partial charge in [-0.1, -0.05) is 0 Å². The van der Waals surface area contributed by atoms with Crippen LogP contribution < -0.4 is 10.6 Å². The van der Waals surface area contributed by atoms with E-state index in [1.165, 1.54) is 12.1 Å². The molecule has 19 heavy (non-hydrogen) atoms. The van der Waals surface area contributed by atoms with Crippen molar-refractivity contribution in [3.05, 3.63) is 29.1 Å². The number of hydrogen-bond acceptors (Lipinski definition) is 3. The number of anilines is 1. The maximum Gasteiger partial charge on any atom is 0.225 e. The molecule has 1 fully saturated rings. The first kappa shape index (κ1) is 13.5. The standard InChI is InChI=1S/C14H16FN3O/c1-9-12(15)5-10(8-16)6-13(9)18-14(19)7-11-3-2-4-17-11/h5-6,11,17H,2-4,7H2,1H3,(H,18,19). The van der Waals surface area contributed by atoms with E-state index in [0.717, 1.165) is 19.4 Å². The van der Waals surface area contributed by atoms with Gasteiger partial charge >= 0.3 is 0 Å². The Morgan fingerprint density at radius 1 is 1.63 bits per heavy atom. The van der Waals surface area contributed by atoms with Crippen LogP contribution in [0.2, 0.25) is 0 Å². The highest BCUT2D eigenvalue weighted by Crippen LogP contribution is 2.21. The number of nitrogens with zero attached hydrogens (tertiary/aromatic N) is 1. The molecule has 100 valence electrons. The van der Waals surface area contributed by atoms with Gasteiger partial charge in [-0.25, -0.2) is 4.39 Å². The van der Waals surface area contributed by atoms with Crippen LogP contribution in [0.4, 0.5) is 10.1 Å². The Morgan fingerprint density at radius 2 is 2.42 bits per heavy atom. The summed E-state index contributed by atoms with van der Waals surface area (Å²) in [6, 6.07) is 4.75. The Bertz CT molecular complexity index is 530. The van der Waals surface area contributed by atoms with Crippen molar-refractivity contribution >= 4 is 11.6 Å². The van der Waals surface area contributed by atoms with E-state index in [9.17, 15) is 9.18 Å². The molecule has 1 aliphatic rings. The first-order valence-electron chi connectivity index (χ1n) is 6.33. The van der Waals surface area contributed by atoms with Gasteiger partial charge in [0, 0.05) is 23.7 Å². The summed E-state index contributed by atoms with van der Waals surface area (Å²) in [4.78, 5) is 11.9. The van der Waals surface area contributed by atoms with E-state index < -0.39 is 5.82 Å². The van der Waals surface area contributed by atoms with Crippen LogP contribution in [0.15, 0.2) is 12.1 Å². The van der Waals surface area contributed by atoms with E-state index in [0.29, 0.717) is 17.7 Å². The Kier molecular flexibility index (Phi) is 4.13. The molecule has 0 aromatic heterocycles. The van der Waals surface area contributed by atoms with Gasteiger partial charge in [0.05, 0.1) is 11.6 Å². The van der Waals surface area contributed by atoms with Crippen molar-refractivity contribution in [3.8, 4) is 6.07 Å². The van der Waals surface area contributed by atoms with Crippen molar-refractivity contribution < 1.29 is 9.18 Å². The minimum absolute atomic E-state index is 0.156. The van der Waals surface area contributed by atoms with Gasteiger partial charge in [-0.05, 0) is 38.4 Å². The number of carbonyl (C=O) groups is 1. The molecular weight excluding hydrogens is 245 g/mol. The second-order valence-electron chi connectivity index (χ2n) is 4.79. The van der Waals surface area contributed by atoms with Gasteiger partial charge in [0.1, 0.15) is 5.82 Å². The number of amides is 1. The second-order valence-corrected chi connectivity index (χ2v) is 4.79. The fourth-order valence-electron chi connectivity index (χ4n) is 2.23. The van der Waals surface area contributed by atoms with Crippen molar-refractivity contribution in [2.45, 2.75) is 32.2 Å². The number of nitrogens with one attached hydrogen (secondary N) is 2. The van der Waals surface area contributed by atoms with E-state index in [1.807, 2.05) is 6.07 Å².